The lowest BCUT2D eigenvalue weighted by molar-refractivity contribution is -0.118. The second-order valence-corrected chi connectivity index (χ2v) is 7.39. The van der Waals surface area contributed by atoms with Gasteiger partial charge in [-0.1, -0.05) is 25.4 Å². The van der Waals surface area contributed by atoms with Crippen molar-refractivity contribution in [3.8, 4) is 5.69 Å². The maximum absolute atomic E-state index is 12.8. The maximum Gasteiger partial charge on any atom is 0.251 e. The predicted molar refractivity (Wildman–Crippen MR) is 110 cm³/mol. The SMILES string of the molecule is CC(C)CC(NC(=O)c1ccc(Cl)cc1)C(=O)Nc1ccc(-n2cnnn2)cc1. The van der Waals surface area contributed by atoms with Crippen LogP contribution in [0.2, 0.25) is 5.02 Å². The van der Waals surface area contributed by atoms with Gasteiger partial charge in [0, 0.05) is 16.3 Å². The zero-order valence-corrected chi connectivity index (χ0v) is 16.8. The first-order valence-electron chi connectivity index (χ1n) is 9.13. The number of hydrogen-bond acceptors (Lipinski definition) is 5. The van der Waals surface area contributed by atoms with Crippen molar-refractivity contribution in [3.63, 3.8) is 0 Å². The van der Waals surface area contributed by atoms with E-state index in [1.54, 1.807) is 48.5 Å². The minimum Gasteiger partial charge on any atom is -0.340 e. The van der Waals surface area contributed by atoms with E-state index in [0.717, 1.165) is 5.69 Å². The molecule has 2 aromatic carbocycles. The van der Waals surface area contributed by atoms with Crippen molar-refractivity contribution < 1.29 is 9.59 Å². The number of nitrogens with zero attached hydrogens (tertiary/aromatic N) is 4. The lowest BCUT2D eigenvalue weighted by atomic mass is 10.0. The smallest absolute Gasteiger partial charge is 0.251 e. The van der Waals surface area contributed by atoms with E-state index in [9.17, 15) is 9.59 Å². The van der Waals surface area contributed by atoms with Gasteiger partial charge in [-0.2, -0.15) is 0 Å². The third kappa shape index (κ3) is 5.61. The summed E-state index contributed by atoms with van der Waals surface area (Å²) >= 11 is 5.87. The van der Waals surface area contributed by atoms with Gasteiger partial charge in [0.2, 0.25) is 5.91 Å². The highest BCUT2D eigenvalue weighted by molar-refractivity contribution is 6.30. The summed E-state index contributed by atoms with van der Waals surface area (Å²) < 4.78 is 1.51. The number of halogens is 1. The largest absolute Gasteiger partial charge is 0.340 e. The standard InChI is InChI=1S/C20H21ClN6O2/c1-13(2)11-18(24-19(28)14-3-5-15(21)6-4-14)20(29)23-16-7-9-17(10-8-16)27-12-22-25-26-27/h3-10,12-13,18H,11H2,1-2H3,(H,23,29)(H,24,28). The first kappa shape index (κ1) is 20.5. The molecule has 3 aromatic rings. The van der Waals surface area contributed by atoms with E-state index in [1.807, 2.05) is 13.8 Å². The van der Waals surface area contributed by atoms with Gasteiger partial charge in [0.1, 0.15) is 12.4 Å². The fourth-order valence-corrected chi connectivity index (χ4v) is 2.88. The van der Waals surface area contributed by atoms with Crippen molar-refractivity contribution in [1.82, 2.24) is 25.5 Å². The molecule has 0 aliphatic carbocycles. The van der Waals surface area contributed by atoms with E-state index in [-0.39, 0.29) is 17.7 Å². The molecular weight excluding hydrogens is 392 g/mol. The van der Waals surface area contributed by atoms with E-state index in [4.69, 9.17) is 11.6 Å². The molecule has 150 valence electrons. The van der Waals surface area contributed by atoms with Crippen LogP contribution in [-0.4, -0.2) is 38.1 Å². The Morgan fingerprint density at radius 1 is 1.07 bits per heavy atom. The number of hydrogen-bond donors (Lipinski definition) is 2. The third-order valence-corrected chi connectivity index (χ3v) is 4.44. The van der Waals surface area contributed by atoms with Gasteiger partial charge in [-0.25, -0.2) is 4.68 Å². The molecule has 0 spiro atoms. The highest BCUT2D eigenvalue weighted by Gasteiger charge is 2.22. The maximum atomic E-state index is 12.8. The molecule has 3 rings (SSSR count). The fraction of sp³-hybridized carbons (Fsp3) is 0.250. The van der Waals surface area contributed by atoms with E-state index in [2.05, 4.69) is 26.2 Å². The Bertz CT molecular complexity index is 956. The highest BCUT2D eigenvalue weighted by Crippen LogP contribution is 2.15. The number of amides is 2. The van der Waals surface area contributed by atoms with Crippen LogP contribution in [0, 0.1) is 5.92 Å². The van der Waals surface area contributed by atoms with Gasteiger partial charge in [0.05, 0.1) is 5.69 Å². The van der Waals surface area contributed by atoms with Crippen LogP contribution in [0.15, 0.2) is 54.9 Å². The summed E-state index contributed by atoms with van der Waals surface area (Å²) in [5.74, 6) is -0.383. The Kier molecular flexibility index (Phi) is 6.56. The van der Waals surface area contributed by atoms with Crippen molar-refractivity contribution in [2.75, 3.05) is 5.32 Å². The van der Waals surface area contributed by atoms with E-state index in [0.29, 0.717) is 22.7 Å². The first-order valence-corrected chi connectivity index (χ1v) is 9.51. The Balaban J connectivity index is 1.68. The molecule has 0 saturated heterocycles. The molecule has 8 nitrogen and oxygen atoms in total. The molecule has 0 bridgehead atoms. The average Bonchev–Trinajstić information content (AvgIpc) is 3.23. The molecule has 2 amide bonds. The second kappa shape index (κ2) is 9.29. The average molecular weight is 413 g/mol. The number of carbonyl (C=O) groups excluding carboxylic acids is 2. The van der Waals surface area contributed by atoms with Crippen LogP contribution in [0.3, 0.4) is 0 Å². The molecule has 1 atom stereocenters. The minimum atomic E-state index is -0.669. The molecule has 0 aliphatic rings. The number of anilines is 1. The first-order chi connectivity index (χ1) is 13.9. The van der Waals surface area contributed by atoms with E-state index >= 15 is 0 Å². The molecule has 1 unspecified atom stereocenters. The molecule has 1 heterocycles. The molecular formula is C20H21ClN6O2. The Labute approximate surface area is 173 Å². The van der Waals surface area contributed by atoms with Gasteiger partial charge in [0.15, 0.2) is 0 Å². The van der Waals surface area contributed by atoms with Gasteiger partial charge < -0.3 is 10.6 Å². The second-order valence-electron chi connectivity index (χ2n) is 6.95. The normalized spacial score (nSPS) is 11.9. The summed E-state index contributed by atoms with van der Waals surface area (Å²) in [4.78, 5) is 25.3. The molecule has 0 radical (unpaired) electrons. The number of tetrazole rings is 1. The summed E-state index contributed by atoms with van der Waals surface area (Å²) in [6.07, 6.45) is 1.99. The Morgan fingerprint density at radius 3 is 2.34 bits per heavy atom. The van der Waals surface area contributed by atoms with Crippen LogP contribution in [-0.2, 0) is 4.79 Å². The molecule has 0 fully saturated rings. The Morgan fingerprint density at radius 2 is 1.76 bits per heavy atom. The van der Waals surface area contributed by atoms with Crippen LogP contribution in [0.1, 0.15) is 30.6 Å². The number of nitrogens with one attached hydrogen (secondary N) is 2. The van der Waals surface area contributed by atoms with Crippen molar-refractivity contribution >= 4 is 29.1 Å². The summed E-state index contributed by atoms with van der Waals surface area (Å²) in [6, 6.07) is 12.9. The Hall–Kier alpha value is -3.26. The van der Waals surface area contributed by atoms with Crippen LogP contribution in [0.4, 0.5) is 5.69 Å². The fourth-order valence-electron chi connectivity index (χ4n) is 2.75. The topological polar surface area (TPSA) is 102 Å². The molecule has 2 N–H and O–H groups in total. The zero-order chi connectivity index (χ0) is 20.8. The van der Waals surface area contributed by atoms with Gasteiger partial charge in [-0.3, -0.25) is 9.59 Å². The van der Waals surface area contributed by atoms with Crippen LogP contribution >= 0.6 is 11.6 Å². The van der Waals surface area contributed by atoms with E-state index < -0.39 is 6.04 Å². The van der Waals surface area contributed by atoms with Gasteiger partial charge in [-0.15, -0.1) is 5.10 Å². The summed E-state index contributed by atoms with van der Waals surface area (Å²) in [6.45, 7) is 3.99. The molecule has 1 aromatic heterocycles. The van der Waals surface area contributed by atoms with Crippen LogP contribution < -0.4 is 10.6 Å². The minimum absolute atomic E-state index is 0.221. The van der Waals surface area contributed by atoms with Crippen LogP contribution in [0.5, 0.6) is 0 Å². The zero-order valence-electron chi connectivity index (χ0n) is 16.0. The number of aromatic nitrogens is 4. The van der Waals surface area contributed by atoms with Gasteiger partial charge >= 0.3 is 0 Å². The number of carbonyl (C=O) groups is 2. The van der Waals surface area contributed by atoms with E-state index in [1.165, 1.54) is 11.0 Å². The van der Waals surface area contributed by atoms with Gasteiger partial charge in [-0.05, 0) is 71.3 Å². The lowest BCUT2D eigenvalue weighted by Gasteiger charge is -2.20. The monoisotopic (exact) mass is 412 g/mol. The highest BCUT2D eigenvalue weighted by atomic mass is 35.5. The van der Waals surface area contributed by atoms with Crippen molar-refractivity contribution in [3.05, 3.63) is 65.4 Å². The number of benzene rings is 2. The van der Waals surface area contributed by atoms with Crippen LogP contribution in [0.25, 0.3) is 5.69 Å². The summed E-state index contributed by atoms with van der Waals surface area (Å²) in [5.41, 5.74) is 1.82. The third-order valence-electron chi connectivity index (χ3n) is 4.18. The predicted octanol–water partition coefficient (Wildman–Crippen LogP) is 3.10. The summed E-state index contributed by atoms with van der Waals surface area (Å²) in [5, 5.41) is 17.2. The lowest BCUT2D eigenvalue weighted by Crippen LogP contribution is -2.44. The quantitative estimate of drug-likeness (QED) is 0.620. The molecule has 0 saturated carbocycles. The molecule has 29 heavy (non-hydrogen) atoms. The summed E-state index contributed by atoms with van der Waals surface area (Å²) in [7, 11) is 0. The molecule has 0 aliphatic heterocycles. The van der Waals surface area contributed by atoms with Crippen molar-refractivity contribution in [2.45, 2.75) is 26.3 Å². The van der Waals surface area contributed by atoms with Gasteiger partial charge in [0.25, 0.3) is 5.91 Å². The van der Waals surface area contributed by atoms with Crippen molar-refractivity contribution in [2.24, 2.45) is 5.92 Å². The molecule has 9 heteroatoms. The number of rotatable bonds is 7. The van der Waals surface area contributed by atoms with Crippen molar-refractivity contribution in [1.29, 1.82) is 0 Å².